The summed E-state index contributed by atoms with van der Waals surface area (Å²) in [5.41, 5.74) is 3.85. The van der Waals surface area contributed by atoms with E-state index in [1.54, 1.807) is 54.7 Å². The average molecular weight is 489 g/mol. The van der Waals surface area contributed by atoms with E-state index in [2.05, 4.69) is 15.0 Å². The van der Waals surface area contributed by atoms with Gasteiger partial charge in [-0.25, -0.2) is 9.97 Å². The van der Waals surface area contributed by atoms with Gasteiger partial charge in [0.05, 0.1) is 11.1 Å². The molecule has 0 radical (unpaired) electrons. The van der Waals surface area contributed by atoms with E-state index in [4.69, 9.17) is 8.83 Å². The fourth-order valence-corrected chi connectivity index (χ4v) is 3.18. The first-order valence-electron chi connectivity index (χ1n) is 9.83. The molecule has 0 saturated carbocycles. The molecule has 158 valence electrons. The van der Waals surface area contributed by atoms with Crippen LogP contribution in [-0.2, 0) is 19.5 Å². The number of hydrogen-bond donors (Lipinski definition) is 2. The van der Waals surface area contributed by atoms with Crippen LogP contribution in [0.2, 0.25) is 0 Å². The number of nitrogens with zero attached hydrogens (tertiary/aromatic N) is 3. The van der Waals surface area contributed by atoms with Crippen molar-refractivity contribution >= 4 is 22.3 Å². The smallest absolute Gasteiger partial charge is 0.232 e. The number of fused-ring (bicyclic) bond motifs is 2. The van der Waals surface area contributed by atoms with Gasteiger partial charge in [0.15, 0.2) is 16.8 Å². The summed E-state index contributed by atoms with van der Waals surface area (Å²) < 4.78 is 11.1. The molecule has 0 saturated heterocycles. The molecule has 0 spiro atoms. The molecule has 0 aliphatic rings. The van der Waals surface area contributed by atoms with Crippen molar-refractivity contribution in [1.82, 2.24) is 15.0 Å². The topological polar surface area (TPSA) is 105 Å². The average Bonchev–Trinajstić information content (AvgIpc) is 3.44. The molecule has 0 aliphatic heterocycles. The molecule has 0 fully saturated rings. The van der Waals surface area contributed by atoms with Crippen LogP contribution in [0.15, 0.2) is 100.0 Å². The van der Waals surface area contributed by atoms with Gasteiger partial charge in [0, 0.05) is 25.7 Å². The van der Waals surface area contributed by atoms with Crippen molar-refractivity contribution in [3.05, 3.63) is 91.1 Å². The Balaban J connectivity index is 0.000000152. The Bertz CT molecular complexity index is 1350. The van der Waals surface area contributed by atoms with Crippen LogP contribution in [0.5, 0.6) is 11.5 Å². The number of hydrogen-bond acceptors (Lipinski definition) is 7. The molecule has 6 aromatic rings. The molecule has 2 N–H and O–H groups in total. The number of para-hydroxylation sites is 4. The number of rotatable bonds is 2. The summed E-state index contributed by atoms with van der Waals surface area (Å²) in [6.07, 6.45) is 1.65. The van der Waals surface area contributed by atoms with Crippen LogP contribution in [-0.4, -0.2) is 25.2 Å². The minimum Gasteiger partial charge on any atom is -0.507 e. The Morgan fingerprint density at radius 1 is 0.576 bits per heavy atom. The van der Waals surface area contributed by atoms with Crippen molar-refractivity contribution in [3.63, 3.8) is 0 Å². The van der Waals surface area contributed by atoms with Crippen LogP contribution in [0.4, 0.5) is 0 Å². The monoisotopic (exact) mass is 487 g/mol. The van der Waals surface area contributed by atoms with Crippen LogP contribution in [0.25, 0.3) is 45.2 Å². The first kappa shape index (κ1) is 22.2. The van der Waals surface area contributed by atoms with Gasteiger partial charge < -0.3 is 19.0 Å². The van der Waals surface area contributed by atoms with Gasteiger partial charge in [-0.3, -0.25) is 0 Å². The zero-order valence-corrected chi connectivity index (χ0v) is 20.4. The van der Waals surface area contributed by atoms with Crippen LogP contribution in [0.1, 0.15) is 0 Å². The second-order valence-corrected chi connectivity index (χ2v) is 6.87. The van der Waals surface area contributed by atoms with E-state index in [1.165, 1.54) is 0 Å². The summed E-state index contributed by atoms with van der Waals surface area (Å²) in [6.45, 7) is 0. The Hall–Kier alpha value is -4.03. The molecule has 3 aromatic carbocycles. The number of benzene rings is 3. The van der Waals surface area contributed by atoms with Crippen molar-refractivity contribution in [2.24, 2.45) is 0 Å². The second kappa shape index (κ2) is 9.63. The molecule has 7 nitrogen and oxygen atoms in total. The Morgan fingerprint density at radius 2 is 1.12 bits per heavy atom. The maximum Gasteiger partial charge on any atom is 0.232 e. The van der Waals surface area contributed by atoms with Crippen LogP contribution >= 0.6 is 0 Å². The summed E-state index contributed by atoms with van der Waals surface area (Å²) in [6, 6.07) is 25.0. The fraction of sp³-hybridized carbons (Fsp3) is 0. The molecule has 6 rings (SSSR count). The number of oxazole rings is 2. The summed E-state index contributed by atoms with van der Waals surface area (Å²) in [4.78, 5) is 12.6. The van der Waals surface area contributed by atoms with Gasteiger partial charge in [0.1, 0.15) is 17.0 Å². The molecule has 0 atom stereocenters. The second-order valence-electron chi connectivity index (χ2n) is 6.87. The standard InChI is InChI=1S/C13H9NO2.C12H8N2O2.Zn/c15-11-7-3-1-5-9(11)13-14-10-6-2-4-8-12(10)16-13;15-9-5-2-1-4-8(9)12-14-11-10(16-12)6-3-7-13-11;/h1-8,15H;1-7,15H;. The summed E-state index contributed by atoms with van der Waals surface area (Å²) in [5.74, 6) is 1.15. The quantitative estimate of drug-likeness (QED) is 0.297. The van der Waals surface area contributed by atoms with E-state index in [9.17, 15) is 10.2 Å². The van der Waals surface area contributed by atoms with Gasteiger partial charge in [0.25, 0.3) is 0 Å². The Morgan fingerprint density at radius 3 is 1.76 bits per heavy atom. The van der Waals surface area contributed by atoms with E-state index in [1.807, 2.05) is 36.4 Å². The van der Waals surface area contributed by atoms with Crippen molar-refractivity contribution < 1.29 is 38.5 Å². The predicted molar refractivity (Wildman–Crippen MR) is 120 cm³/mol. The van der Waals surface area contributed by atoms with Crippen molar-refractivity contribution in [1.29, 1.82) is 0 Å². The molecule has 0 unspecified atom stereocenters. The van der Waals surface area contributed by atoms with E-state index in [0.717, 1.165) is 11.1 Å². The van der Waals surface area contributed by atoms with Crippen LogP contribution < -0.4 is 0 Å². The van der Waals surface area contributed by atoms with Crippen molar-refractivity contribution in [2.45, 2.75) is 0 Å². The Kier molecular flexibility index (Phi) is 6.47. The molecule has 0 amide bonds. The summed E-state index contributed by atoms with van der Waals surface area (Å²) in [5, 5.41) is 19.4. The maximum absolute atomic E-state index is 9.69. The predicted octanol–water partition coefficient (Wildman–Crippen LogP) is 5.79. The van der Waals surface area contributed by atoms with Crippen molar-refractivity contribution in [2.75, 3.05) is 0 Å². The minimum atomic E-state index is 0. The third-order valence-electron chi connectivity index (χ3n) is 4.73. The largest absolute Gasteiger partial charge is 0.507 e. The van der Waals surface area contributed by atoms with Gasteiger partial charge in [-0.05, 0) is 48.5 Å². The Labute approximate surface area is 201 Å². The number of aromatic nitrogens is 3. The fourth-order valence-electron chi connectivity index (χ4n) is 3.18. The number of aromatic hydroxyl groups is 2. The van der Waals surface area contributed by atoms with Gasteiger partial charge >= 0.3 is 0 Å². The van der Waals surface area contributed by atoms with Gasteiger partial charge in [-0.15, -0.1) is 0 Å². The maximum atomic E-state index is 9.69. The van der Waals surface area contributed by atoms with E-state index in [0.29, 0.717) is 34.1 Å². The molecule has 3 heterocycles. The van der Waals surface area contributed by atoms with E-state index in [-0.39, 0.29) is 31.0 Å². The number of pyridine rings is 1. The van der Waals surface area contributed by atoms with E-state index >= 15 is 0 Å². The van der Waals surface area contributed by atoms with Gasteiger partial charge in [-0.1, -0.05) is 36.4 Å². The van der Waals surface area contributed by atoms with Crippen LogP contribution in [0, 0.1) is 0 Å². The van der Waals surface area contributed by atoms with Crippen molar-refractivity contribution in [3.8, 4) is 34.4 Å². The SMILES string of the molecule is Oc1ccccc1-c1nc2ccccc2o1.Oc1ccccc1-c1nc2ncccc2o1.[Zn]. The third-order valence-corrected chi connectivity index (χ3v) is 4.73. The normalized spacial score (nSPS) is 10.4. The number of phenols is 2. The summed E-state index contributed by atoms with van der Waals surface area (Å²) >= 11 is 0. The molecule has 0 aliphatic carbocycles. The van der Waals surface area contributed by atoms with Crippen LogP contribution in [0.3, 0.4) is 0 Å². The first-order valence-corrected chi connectivity index (χ1v) is 9.83. The third kappa shape index (κ3) is 4.61. The molecule has 8 heteroatoms. The summed E-state index contributed by atoms with van der Waals surface area (Å²) in [7, 11) is 0. The first-order chi connectivity index (χ1) is 15.7. The molecule has 33 heavy (non-hydrogen) atoms. The van der Waals surface area contributed by atoms with Gasteiger partial charge in [0.2, 0.25) is 11.8 Å². The van der Waals surface area contributed by atoms with Gasteiger partial charge in [-0.2, -0.15) is 4.98 Å². The molecular weight excluding hydrogens is 472 g/mol. The zero-order chi connectivity index (χ0) is 21.9. The zero-order valence-electron chi connectivity index (χ0n) is 17.4. The molecular formula is C25H17N3O4Zn. The van der Waals surface area contributed by atoms with E-state index < -0.39 is 0 Å². The minimum absolute atomic E-state index is 0. The molecule has 0 bridgehead atoms. The molecule has 3 aromatic heterocycles. The number of phenolic OH excluding ortho intramolecular Hbond substituents is 2.